The van der Waals surface area contributed by atoms with E-state index in [1.807, 2.05) is 0 Å². The lowest BCUT2D eigenvalue weighted by molar-refractivity contribution is -0.145. The fraction of sp³-hybridized carbons (Fsp3) is 0.571. The maximum atomic E-state index is 12.1. The van der Waals surface area contributed by atoms with Gasteiger partial charge in [-0.2, -0.15) is 0 Å². The normalized spacial score (nSPS) is 19.3. The van der Waals surface area contributed by atoms with Gasteiger partial charge in [-0.1, -0.05) is 0 Å². The molecule has 1 fully saturated rings. The Balaban J connectivity index is 2.41. The second kappa shape index (κ2) is 6.43. The molecule has 0 amide bonds. The fourth-order valence-electron chi connectivity index (χ4n) is 2.56. The van der Waals surface area contributed by atoms with Crippen LogP contribution in [0.25, 0.3) is 0 Å². The highest BCUT2D eigenvalue weighted by Crippen LogP contribution is 2.29. The molecule has 0 spiro atoms. The summed E-state index contributed by atoms with van der Waals surface area (Å²) in [5.74, 6) is 0.0278. The van der Waals surface area contributed by atoms with Crippen molar-refractivity contribution in [3.63, 3.8) is 0 Å². The zero-order valence-corrected chi connectivity index (χ0v) is 13.1. The van der Waals surface area contributed by atoms with Gasteiger partial charge < -0.3 is 9.64 Å². The second-order valence-electron chi connectivity index (χ2n) is 5.05. The van der Waals surface area contributed by atoms with Crippen molar-refractivity contribution in [1.29, 1.82) is 0 Å². The van der Waals surface area contributed by atoms with E-state index in [0.717, 1.165) is 19.1 Å². The van der Waals surface area contributed by atoms with Crippen molar-refractivity contribution in [2.24, 2.45) is 0 Å². The molecule has 1 aromatic heterocycles. The summed E-state index contributed by atoms with van der Waals surface area (Å²) in [7, 11) is -3.40. The standard InChI is InChI=1S/C14H20N2O4S/c1-3-20-14(17)11-7-4-5-10-16(11)13-12(21(2,18)19)8-6-9-15-13/h6,8-9,11H,3-5,7,10H2,1-2H3. The molecule has 2 rings (SSSR count). The smallest absolute Gasteiger partial charge is 0.328 e. The van der Waals surface area contributed by atoms with Crippen LogP contribution in [0.2, 0.25) is 0 Å². The molecule has 1 atom stereocenters. The summed E-state index contributed by atoms with van der Waals surface area (Å²) in [6.07, 6.45) is 5.16. The Morgan fingerprint density at radius 2 is 2.24 bits per heavy atom. The van der Waals surface area contributed by atoms with Crippen molar-refractivity contribution in [2.45, 2.75) is 37.1 Å². The summed E-state index contributed by atoms with van der Waals surface area (Å²) in [5, 5.41) is 0. The third-order valence-corrected chi connectivity index (χ3v) is 4.60. The number of anilines is 1. The molecule has 1 unspecified atom stereocenters. The molecule has 0 radical (unpaired) electrons. The Morgan fingerprint density at radius 3 is 2.90 bits per heavy atom. The lowest BCUT2D eigenvalue weighted by atomic mass is 10.0. The van der Waals surface area contributed by atoms with Crippen LogP contribution < -0.4 is 4.90 Å². The van der Waals surface area contributed by atoms with Crippen molar-refractivity contribution >= 4 is 21.6 Å². The van der Waals surface area contributed by atoms with Gasteiger partial charge in [0.25, 0.3) is 0 Å². The Kier molecular flexibility index (Phi) is 4.82. The van der Waals surface area contributed by atoms with Crippen LogP contribution in [0, 0.1) is 0 Å². The molecule has 1 saturated heterocycles. The van der Waals surface area contributed by atoms with E-state index in [1.165, 1.54) is 6.07 Å². The largest absolute Gasteiger partial charge is 0.464 e. The molecule has 0 aliphatic carbocycles. The minimum absolute atomic E-state index is 0.154. The van der Waals surface area contributed by atoms with Crippen molar-refractivity contribution in [1.82, 2.24) is 4.98 Å². The highest BCUT2D eigenvalue weighted by molar-refractivity contribution is 7.90. The number of carbonyl (C=O) groups is 1. The molecule has 7 heteroatoms. The third kappa shape index (κ3) is 3.53. The quantitative estimate of drug-likeness (QED) is 0.782. The zero-order chi connectivity index (χ0) is 15.5. The number of esters is 1. The van der Waals surface area contributed by atoms with Crippen LogP contribution in [0.3, 0.4) is 0 Å². The van der Waals surface area contributed by atoms with E-state index in [-0.39, 0.29) is 10.9 Å². The van der Waals surface area contributed by atoms with Gasteiger partial charge in [-0.15, -0.1) is 0 Å². The van der Waals surface area contributed by atoms with E-state index in [0.29, 0.717) is 25.4 Å². The molecular weight excluding hydrogens is 292 g/mol. The van der Waals surface area contributed by atoms with Gasteiger partial charge in [0, 0.05) is 19.0 Å². The van der Waals surface area contributed by atoms with E-state index >= 15 is 0 Å². The Labute approximate surface area is 125 Å². The molecule has 0 N–H and O–H groups in total. The number of nitrogens with zero attached hydrogens (tertiary/aromatic N) is 2. The predicted octanol–water partition coefficient (Wildman–Crippen LogP) is 1.41. The molecule has 1 aliphatic heterocycles. The first-order valence-electron chi connectivity index (χ1n) is 7.03. The summed E-state index contributed by atoms with van der Waals surface area (Å²) >= 11 is 0. The van der Waals surface area contributed by atoms with Crippen LogP contribution in [0.5, 0.6) is 0 Å². The lowest BCUT2D eigenvalue weighted by Crippen LogP contribution is -2.46. The Hall–Kier alpha value is -1.63. The number of ether oxygens (including phenoxy) is 1. The summed E-state index contributed by atoms with van der Waals surface area (Å²) in [5.41, 5.74) is 0. The van der Waals surface area contributed by atoms with Gasteiger partial charge in [-0.25, -0.2) is 18.2 Å². The monoisotopic (exact) mass is 312 g/mol. The van der Waals surface area contributed by atoms with E-state index in [4.69, 9.17) is 4.74 Å². The molecule has 0 bridgehead atoms. The minimum Gasteiger partial charge on any atom is -0.464 e. The molecule has 0 aromatic carbocycles. The van der Waals surface area contributed by atoms with Gasteiger partial charge in [0.05, 0.1) is 6.61 Å². The van der Waals surface area contributed by atoms with Crippen molar-refractivity contribution < 1.29 is 17.9 Å². The minimum atomic E-state index is -3.40. The van der Waals surface area contributed by atoms with Crippen molar-refractivity contribution in [3.05, 3.63) is 18.3 Å². The van der Waals surface area contributed by atoms with Crippen LogP contribution in [0.15, 0.2) is 23.2 Å². The summed E-state index contributed by atoms with van der Waals surface area (Å²) in [6.45, 7) is 2.67. The highest BCUT2D eigenvalue weighted by Gasteiger charge is 2.33. The van der Waals surface area contributed by atoms with E-state index in [1.54, 1.807) is 24.1 Å². The molecule has 21 heavy (non-hydrogen) atoms. The number of pyridine rings is 1. The first-order chi connectivity index (χ1) is 9.95. The number of carbonyl (C=O) groups excluding carboxylic acids is 1. The van der Waals surface area contributed by atoms with Crippen LogP contribution in [-0.4, -0.2) is 44.8 Å². The summed E-state index contributed by atoms with van der Waals surface area (Å²) in [4.78, 5) is 18.2. The Bertz CT molecular complexity index is 615. The first-order valence-corrected chi connectivity index (χ1v) is 8.92. The molecular formula is C14H20N2O4S. The summed E-state index contributed by atoms with van der Waals surface area (Å²) < 4.78 is 28.9. The fourth-order valence-corrected chi connectivity index (χ4v) is 3.38. The van der Waals surface area contributed by atoms with Gasteiger partial charge in [0.15, 0.2) is 9.84 Å². The maximum Gasteiger partial charge on any atom is 0.328 e. The molecule has 6 nitrogen and oxygen atoms in total. The topological polar surface area (TPSA) is 76.6 Å². The predicted molar refractivity (Wildman–Crippen MR) is 79.0 cm³/mol. The van der Waals surface area contributed by atoms with Crippen molar-refractivity contribution in [3.8, 4) is 0 Å². The number of aromatic nitrogens is 1. The number of rotatable bonds is 4. The van der Waals surface area contributed by atoms with Gasteiger partial charge >= 0.3 is 5.97 Å². The number of sulfone groups is 1. The van der Waals surface area contributed by atoms with Crippen LogP contribution in [-0.2, 0) is 19.4 Å². The van der Waals surface area contributed by atoms with E-state index in [9.17, 15) is 13.2 Å². The van der Waals surface area contributed by atoms with Crippen LogP contribution in [0.4, 0.5) is 5.82 Å². The van der Waals surface area contributed by atoms with E-state index < -0.39 is 15.9 Å². The van der Waals surface area contributed by atoms with Gasteiger partial charge in [-0.05, 0) is 38.3 Å². The van der Waals surface area contributed by atoms with Crippen LogP contribution >= 0.6 is 0 Å². The molecule has 1 aromatic rings. The van der Waals surface area contributed by atoms with Crippen molar-refractivity contribution in [2.75, 3.05) is 24.3 Å². The van der Waals surface area contributed by atoms with Gasteiger partial charge in [-0.3, -0.25) is 0 Å². The average molecular weight is 312 g/mol. The van der Waals surface area contributed by atoms with E-state index in [2.05, 4.69) is 4.98 Å². The zero-order valence-electron chi connectivity index (χ0n) is 12.3. The van der Waals surface area contributed by atoms with Gasteiger partial charge in [0.2, 0.25) is 0 Å². The molecule has 1 aliphatic rings. The lowest BCUT2D eigenvalue weighted by Gasteiger charge is -2.35. The maximum absolute atomic E-state index is 12.1. The highest BCUT2D eigenvalue weighted by atomic mass is 32.2. The second-order valence-corrected chi connectivity index (χ2v) is 7.04. The molecule has 116 valence electrons. The Morgan fingerprint density at radius 1 is 1.48 bits per heavy atom. The average Bonchev–Trinajstić information content (AvgIpc) is 2.46. The van der Waals surface area contributed by atoms with Gasteiger partial charge in [0.1, 0.15) is 16.8 Å². The SMILES string of the molecule is CCOC(=O)C1CCCCN1c1ncccc1S(C)(=O)=O. The number of hydrogen-bond donors (Lipinski definition) is 0. The molecule has 2 heterocycles. The summed E-state index contributed by atoms with van der Waals surface area (Å²) in [6, 6.07) is 2.65. The molecule has 0 saturated carbocycles. The number of hydrogen-bond acceptors (Lipinski definition) is 6. The number of piperidine rings is 1. The van der Waals surface area contributed by atoms with Crippen LogP contribution in [0.1, 0.15) is 26.2 Å². The first kappa shape index (κ1) is 15.8. The third-order valence-electron chi connectivity index (χ3n) is 3.48.